The van der Waals surface area contributed by atoms with Gasteiger partial charge in [-0.3, -0.25) is 0 Å². The third-order valence-electron chi connectivity index (χ3n) is 2.24. The molecule has 0 heterocycles. The quantitative estimate of drug-likeness (QED) is 0.527. The molecule has 0 saturated heterocycles. The van der Waals surface area contributed by atoms with E-state index in [1.54, 1.807) is 6.07 Å². The topological polar surface area (TPSA) is 43.4 Å². The van der Waals surface area contributed by atoms with Gasteiger partial charge in [-0.2, -0.15) is 0 Å². The lowest BCUT2D eigenvalue weighted by Gasteiger charge is -2.09. The normalized spacial score (nSPS) is 11.3. The molecule has 100 valence electrons. The lowest BCUT2D eigenvalue weighted by molar-refractivity contribution is 0.479. The van der Waals surface area contributed by atoms with Crippen molar-refractivity contribution in [2.45, 2.75) is 4.90 Å². The fourth-order valence-corrected chi connectivity index (χ4v) is 2.92. The van der Waals surface area contributed by atoms with E-state index in [0.29, 0.717) is 11.5 Å². The van der Waals surface area contributed by atoms with Gasteiger partial charge in [0, 0.05) is 10.7 Å². The summed E-state index contributed by atoms with van der Waals surface area (Å²) in [5, 5.41) is 0.182. The van der Waals surface area contributed by atoms with Crippen molar-refractivity contribution < 1.29 is 13.2 Å². The van der Waals surface area contributed by atoms with Crippen LogP contribution < -0.4 is 4.74 Å². The largest absolute Gasteiger partial charge is 0.455 e. The first kappa shape index (κ1) is 14.9. The van der Waals surface area contributed by atoms with Gasteiger partial charge in [0.1, 0.15) is 11.5 Å². The fourth-order valence-electron chi connectivity index (χ4n) is 1.36. The van der Waals surface area contributed by atoms with Gasteiger partial charge in [-0.1, -0.05) is 23.7 Å². The van der Waals surface area contributed by atoms with Crippen molar-refractivity contribution in [3.8, 4) is 11.5 Å². The number of ether oxygens (including phenoxy) is 1. The SMILES string of the molecule is O=S(=O)(Cl)c1ccc(Oc2ccccc2I)c(Cl)c1. The standard InChI is InChI=1S/C12H7Cl2IO3S/c13-9-7-8(19(14,16)17)5-6-11(9)18-12-4-2-1-3-10(12)15/h1-7H. The zero-order valence-electron chi connectivity index (χ0n) is 9.31. The van der Waals surface area contributed by atoms with Crippen LogP contribution in [-0.4, -0.2) is 8.42 Å². The molecule has 0 fully saturated rings. The maximum absolute atomic E-state index is 11.2. The van der Waals surface area contributed by atoms with Crippen molar-refractivity contribution in [3.05, 3.63) is 51.1 Å². The van der Waals surface area contributed by atoms with Crippen LogP contribution in [0.5, 0.6) is 11.5 Å². The molecule has 0 amide bonds. The molecule has 0 saturated carbocycles. The summed E-state index contributed by atoms with van der Waals surface area (Å²) in [5.74, 6) is 1.02. The van der Waals surface area contributed by atoms with Gasteiger partial charge in [0.25, 0.3) is 9.05 Å². The van der Waals surface area contributed by atoms with Gasteiger partial charge in [-0.25, -0.2) is 8.42 Å². The predicted octanol–water partition coefficient (Wildman–Crippen LogP) is 4.66. The molecule has 0 aliphatic carbocycles. The summed E-state index contributed by atoms with van der Waals surface area (Å²) >= 11 is 8.12. The van der Waals surface area contributed by atoms with E-state index >= 15 is 0 Å². The van der Waals surface area contributed by atoms with Crippen LogP contribution in [0.1, 0.15) is 0 Å². The molecule has 7 heteroatoms. The molecule has 0 aromatic heterocycles. The molecular weight excluding hydrogens is 422 g/mol. The Labute approximate surface area is 134 Å². The second-order valence-corrected chi connectivity index (χ2v) is 7.70. The van der Waals surface area contributed by atoms with E-state index in [0.717, 1.165) is 3.57 Å². The minimum atomic E-state index is -3.79. The third-order valence-corrected chi connectivity index (χ3v) is 4.78. The highest BCUT2D eigenvalue weighted by atomic mass is 127. The van der Waals surface area contributed by atoms with Gasteiger partial charge in [0.15, 0.2) is 0 Å². The molecule has 0 aliphatic heterocycles. The van der Waals surface area contributed by atoms with E-state index in [4.69, 9.17) is 27.0 Å². The number of rotatable bonds is 3. The lowest BCUT2D eigenvalue weighted by atomic mass is 10.3. The number of halogens is 3. The van der Waals surface area contributed by atoms with Crippen LogP contribution in [0.2, 0.25) is 5.02 Å². The van der Waals surface area contributed by atoms with Crippen molar-refractivity contribution >= 4 is 53.9 Å². The van der Waals surface area contributed by atoms with Gasteiger partial charge in [-0.15, -0.1) is 0 Å². The van der Waals surface area contributed by atoms with E-state index in [-0.39, 0.29) is 9.92 Å². The molecule has 19 heavy (non-hydrogen) atoms. The minimum absolute atomic E-state index is 0.0609. The molecule has 0 atom stereocenters. The zero-order chi connectivity index (χ0) is 14.0. The Morgan fingerprint density at radius 2 is 1.74 bits per heavy atom. The van der Waals surface area contributed by atoms with E-state index in [9.17, 15) is 8.42 Å². The van der Waals surface area contributed by atoms with Crippen molar-refractivity contribution in [2.75, 3.05) is 0 Å². The summed E-state index contributed by atoms with van der Waals surface area (Å²) in [6.45, 7) is 0. The first-order valence-corrected chi connectivity index (χ1v) is 8.81. The lowest BCUT2D eigenvalue weighted by Crippen LogP contribution is -1.92. The predicted molar refractivity (Wildman–Crippen MR) is 83.7 cm³/mol. The highest BCUT2D eigenvalue weighted by Gasteiger charge is 2.13. The maximum atomic E-state index is 11.2. The van der Waals surface area contributed by atoms with Crippen LogP contribution in [-0.2, 0) is 9.05 Å². The molecular formula is C12H7Cl2IO3S. The van der Waals surface area contributed by atoms with Gasteiger partial charge in [0.05, 0.1) is 13.5 Å². The molecule has 0 unspecified atom stereocenters. The molecule has 0 radical (unpaired) electrons. The summed E-state index contributed by atoms with van der Waals surface area (Å²) in [7, 11) is 1.45. The number of para-hydroxylation sites is 1. The van der Waals surface area contributed by atoms with Crippen LogP contribution in [0.15, 0.2) is 47.4 Å². The second kappa shape index (κ2) is 5.87. The number of hydrogen-bond donors (Lipinski definition) is 0. The molecule has 0 spiro atoms. The van der Waals surface area contributed by atoms with Crippen LogP contribution in [0.4, 0.5) is 0 Å². The molecule has 0 N–H and O–H groups in total. The molecule has 0 aliphatic rings. The Morgan fingerprint density at radius 1 is 1.05 bits per heavy atom. The molecule has 2 aromatic rings. The monoisotopic (exact) mass is 428 g/mol. The van der Waals surface area contributed by atoms with Crippen LogP contribution in [0, 0.1) is 3.57 Å². The summed E-state index contributed by atoms with van der Waals surface area (Å²) in [6, 6.07) is 11.5. The Kier molecular flexibility index (Phi) is 4.60. The van der Waals surface area contributed by atoms with Crippen molar-refractivity contribution in [3.63, 3.8) is 0 Å². The van der Waals surface area contributed by atoms with Crippen molar-refractivity contribution in [1.29, 1.82) is 0 Å². The van der Waals surface area contributed by atoms with Crippen LogP contribution >= 0.6 is 44.9 Å². The van der Waals surface area contributed by atoms with Crippen LogP contribution in [0.25, 0.3) is 0 Å². The van der Waals surface area contributed by atoms with Crippen molar-refractivity contribution in [2.24, 2.45) is 0 Å². The van der Waals surface area contributed by atoms with E-state index in [1.807, 2.05) is 18.2 Å². The Hall–Kier alpha value is -0.500. The van der Waals surface area contributed by atoms with E-state index in [2.05, 4.69) is 22.6 Å². The average Bonchev–Trinajstić information content (AvgIpc) is 2.33. The highest BCUT2D eigenvalue weighted by Crippen LogP contribution is 2.33. The minimum Gasteiger partial charge on any atom is -0.455 e. The van der Waals surface area contributed by atoms with Gasteiger partial charge in [0.2, 0.25) is 0 Å². The van der Waals surface area contributed by atoms with Gasteiger partial charge in [-0.05, 0) is 52.9 Å². The first-order valence-electron chi connectivity index (χ1n) is 5.04. The Morgan fingerprint density at radius 3 is 2.32 bits per heavy atom. The van der Waals surface area contributed by atoms with Gasteiger partial charge >= 0.3 is 0 Å². The third kappa shape index (κ3) is 3.75. The summed E-state index contributed by atoms with van der Waals surface area (Å²) in [4.78, 5) is -0.0609. The highest BCUT2D eigenvalue weighted by molar-refractivity contribution is 14.1. The maximum Gasteiger partial charge on any atom is 0.261 e. The molecule has 2 aromatic carbocycles. The average molecular weight is 429 g/mol. The second-order valence-electron chi connectivity index (χ2n) is 3.56. The number of benzene rings is 2. The van der Waals surface area contributed by atoms with E-state index < -0.39 is 9.05 Å². The Bertz CT molecular complexity index is 717. The molecule has 2 rings (SSSR count). The zero-order valence-corrected chi connectivity index (χ0v) is 13.8. The molecule has 0 bridgehead atoms. The fraction of sp³-hybridized carbons (Fsp3) is 0. The van der Waals surface area contributed by atoms with Gasteiger partial charge < -0.3 is 4.74 Å². The smallest absolute Gasteiger partial charge is 0.261 e. The summed E-state index contributed by atoms with van der Waals surface area (Å²) < 4.78 is 28.9. The first-order chi connectivity index (χ1) is 8.88. The molecule has 3 nitrogen and oxygen atoms in total. The summed E-state index contributed by atoms with van der Waals surface area (Å²) in [6.07, 6.45) is 0. The summed E-state index contributed by atoms with van der Waals surface area (Å²) in [5.41, 5.74) is 0. The van der Waals surface area contributed by atoms with Crippen molar-refractivity contribution in [1.82, 2.24) is 0 Å². The Balaban J connectivity index is 2.36. The van der Waals surface area contributed by atoms with E-state index in [1.165, 1.54) is 18.2 Å². The number of hydrogen-bond acceptors (Lipinski definition) is 3. The van der Waals surface area contributed by atoms with Crippen LogP contribution in [0.3, 0.4) is 0 Å².